The smallest absolute Gasteiger partial charge is 0.236 e. The van der Waals surface area contributed by atoms with Gasteiger partial charge in [0, 0.05) is 12.1 Å². The molecule has 19 heavy (non-hydrogen) atoms. The first-order valence-corrected chi connectivity index (χ1v) is 6.47. The zero-order valence-electron chi connectivity index (χ0n) is 11.4. The van der Waals surface area contributed by atoms with Crippen LogP contribution in [0.2, 0.25) is 0 Å². The van der Waals surface area contributed by atoms with E-state index in [2.05, 4.69) is 0 Å². The zero-order chi connectivity index (χ0) is 14.4. The Balaban J connectivity index is 3.15. The average molecular weight is 268 g/mol. The molecule has 0 saturated carbocycles. The van der Waals surface area contributed by atoms with Gasteiger partial charge in [0.25, 0.3) is 0 Å². The number of aliphatic hydroxyl groups excluding tert-OH is 1. The Bertz CT molecular complexity index is 435. The number of carbonyl (C=O) groups is 1. The summed E-state index contributed by atoms with van der Waals surface area (Å²) >= 11 is 0. The number of nitrogens with zero attached hydrogens (tertiary/aromatic N) is 1. The van der Waals surface area contributed by atoms with Crippen molar-refractivity contribution in [3.63, 3.8) is 0 Å². The van der Waals surface area contributed by atoms with Gasteiger partial charge in [0.05, 0.1) is 18.3 Å². The molecule has 0 aromatic heterocycles. The lowest BCUT2D eigenvalue weighted by molar-refractivity contribution is -0.116. The van der Waals surface area contributed by atoms with Gasteiger partial charge in [-0.25, -0.2) is 4.39 Å². The summed E-state index contributed by atoms with van der Waals surface area (Å²) in [5, 5.41) is 9.73. The van der Waals surface area contributed by atoms with E-state index in [0.717, 1.165) is 12.8 Å². The van der Waals surface area contributed by atoms with Crippen LogP contribution in [0.3, 0.4) is 0 Å². The van der Waals surface area contributed by atoms with Gasteiger partial charge in [-0.2, -0.15) is 0 Å². The first-order valence-electron chi connectivity index (χ1n) is 6.47. The molecule has 0 aliphatic heterocycles. The summed E-state index contributed by atoms with van der Waals surface area (Å²) in [4.78, 5) is 12.7. The number of halogens is 1. The van der Waals surface area contributed by atoms with Crippen molar-refractivity contribution in [1.29, 1.82) is 0 Å². The third-order valence-electron chi connectivity index (χ3n) is 2.91. The molecular formula is C14H21FN2O2. The Kier molecular flexibility index (Phi) is 5.76. The number of hydrogen-bond donors (Lipinski definition) is 2. The number of rotatable bonds is 7. The first-order chi connectivity index (χ1) is 8.97. The van der Waals surface area contributed by atoms with E-state index in [4.69, 9.17) is 5.73 Å². The van der Waals surface area contributed by atoms with Gasteiger partial charge in [-0.05, 0) is 19.4 Å². The van der Waals surface area contributed by atoms with Gasteiger partial charge in [0.2, 0.25) is 5.91 Å². The summed E-state index contributed by atoms with van der Waals surface area (Å²) in [5.74, 6) is -0.966. The highest BCUT2D eigenvalue weighted by molar-refractivity contribution is 5.80. The predicted octanol–water partition coefficient (Wildman–Crippen LogP) is 1.97. The summed E-state index contributed by atoms with van der Waals surface area (Å²) in [6, 6.07) is 4.52. The molecule has 0 heterocycles. The second kappa shape index (κ2) is 7.09. The highest BCUT2D eigenvalue weighted by atomic mass is 19.1. The molecule has 106 valence electrons. The molecule has 1 atom stereocenters. The number of anilines is 1. The monoisotopic (exact) mass is 268 g/mol. The van der Waals surface area contributed by atoms with Crippen LogP contribution < -0.4 is 10.6 Å². The molecule has 1 amide bonds. The summed E-state index contributed by atoms with van der Waals surface area (Å²) in [7, 11) is 0. The largest absolute Gasteiger partial charge is 0.389 e. The normalized spacial score (nSPS) is 12.2. The van der Waals surface area contributed by atoms with Crippen LogP contribution in [-0.4, -0.2) is 24.1 Å². The van der Waals surface area contributed by atoms with Gasteiger partial charge < -0.3 is 15.7 Å². The fourth-order valence-corrected chi connectivity index (χ4v) is 2.01. The molecule has 5 heteroatoms. The standard InChI is InChI=1S/C14H21FN2O2/c1-3-4-8-17(9-13(16)19)14-11(10(2)18)6-5-7-12(14)15/h5-7,10,18H,3-4,8-9H2,1-2H3,(H2,16,19). The van der Waals surface area contributed by atoms with Crippen LogP contribution in [0.15, 0.2) is 18.2 Å². The van der Waals surface area contributed by atoms with Crippen LogP contribution in [0, 0.1) is 5.82 Å². The highest BCUT2D eigenvalue weighted by Gasteiger charge is 2.19. The van der Waals surface area contributed by atoms with Gasteiger partial charge in [0.15, 0.2) is 0 Å². The number of carbonyl (C=O) groups excluding carboxylic acids is 1. The van der Waals surface area contributed by atoms with Gasteiger partial charge >= 0.3 is 0 Å². The number of nitrogens with two attached hydrogens (primary N) is 1. The molecule has 4 nitrogen and oxygen atoms in total. The number of aliphatic hydroxyl groups is 1. The van der Waals surface area contributed by atoms with Crippen LogP contribution in [-0.2, 0) is 4.79 Å². The number of para-hydroxylation sites is 1. The molecule has 0 aliphatic rings. The Hall–Kier alpha value is -1.62. The molecule has 0 saturated heterocycles. The second-order valence-corrected chi connectivity index (χ2v) is 4.60. The Morgan fingerprint density at radius 2 is 2.21 bits per heavy atom. The van der Waals surface area contributed by atoms with Crippen LogP contribution in [0.25, 0.3) is 0 Å². The second-order valence-electron chi connectivity index (χ2n) is 4.60. The van der Waals surface area contributed by atoms with Gasteiger partial charge in [-0.1, -0.05) is 25.5 Å². The number of hydrogen-bond acceptors (Lipinski definition) is 3. The molecule has 1 aromatic carbocycles. The number of primary amides is 1. The molecule has 0 aliphatic carbocycles. The highest BCUT2D eigenvalue weighted by Crippen LogP contribution is 2.29. The molecular weight excluding hydrogens is 247 g/mol. The quantitative estimate of drug-likeness (QED) is 0.794. The molecule has 1 rings (SSSR count). The van der Waals surface area contributed by atoms with E-state index in [-0.39, 0.29) is 12.2 Å². The van der Waals surface area contributed by atoms with Gasteiger partial charge in [-0.15, -0.1) is 0 Å². The van der Waals surface area contributed by atoms with Gasteiger partial charge in [0.1, 0.15) is 5.82 Å². The SMILES string of the molecule is CCCCN(CC(N)=O)c1c(F)cccc1C(C)O. The average Bonchev–Trinajstić information content (AvgIpc) is 2.33. The summed E-state index contributed by atoms with van der Waals surface area (Å²) < 4.78 is 14.0. The van der Waals surface area contributed by atoms with Crippen molar-refractivity contribution in [3.05, 3.63) is 29.6 Å². The lowest BCUT2D eigenvalue weighted by atomic mass is 10.1. The van der Waals surface area contributed by atoms with E-state index in [9.17, 15) is 14.3 Å². The molecule has 1 unspecified atom stereocenters. The van der Waals surface area contributed by atoms with Crippen LogP contribution >= 0.6 is 0 Å². The predicted molar refractivity (Wildman–Crippen MR) is 73.3 cm³/mol. The Morgan fingerprint density at radius 1 is 1.53 bits per heavy atom. The van der Waals surface area contributed by atoms with Crippen LogP contribution in [0.1, 0.15) is 38.4 Å². The van der Waals surface area contributed by atoms with E-state index >= 15 is 0 Å². The van der Waals surface area contributed by atoms with E-state index in [1.54, 1.807) is 24.0 Å². The van der Waals surface area contributed by atoms with Crippen LogP contribution in [0.5, 0.6) is 0 Å². The molecule has 1 aromatic rings. The third kappa shape index (κ3) is 4.21. The molecule has 0 radical (unpaired) electrons. The lowest BCUT2D eigenvalue weighted by Gasteiger charge is -2.27. The van der Waals surface area contributed by atoms with E-state index in [1.807, 2.05) is 6.92 Å². The van der Waals surface area contributed by atoms with E-state index in [1.165, 1.54) is 6.07 Å². The summed E-state index contributed by atoms with van der Waals surface area (Å²) in [6.45, 7) is 4.06. The lowest BCUT2D eigenvalue weighted by Crippen LogP contribution is -2.35. The first kappa shape index (κ1) is 15.4. The van der Waals surface area contributed by atoms with E-state index < -0.39 is 17.8 Å². The fraction of sp³-hybridized carbons (Fsp3) is 0.500. The summed E-state index contributed by atoms with van der Waals surface area (Å²) in [6.07, 6.45) is 0.942. The van der Waals surface area contributed by atoms with Crippen molar-refractivity contribution in [2.45, 2.75) is 32.8 Å². The minimum atomic E-state index is -0.803. The topological polar surface area (TPSA) is 66.6 Å². The minimum Gasteiger partial charge on any atom is -0.389 e. The van der Waals surface area contributed by atoms with Crippen molar-refractivity contribution in [2.75, 3.05) is 18.0 Å². The minimum absolute atomic E-state index is 0.0549. The maximum atomic E-state index is 14.0. The van der Waals surface area contributed by atoms with Crippen LogP contribution in [0.4, 0.5) is 10.1 Å². The number of amides is 1. The fourth-order valence-electron chi connectivity index (χ4n) is 2.01. The Labute approximate surface area is 113 Å². The number of unbranched alkanes of at least 4 members (excludes halogenated alkanes) is 1. The molecule has 0 fully saturated rings. The maximum absolute atomic E-state index is 14.0. The number of benzene rings is 1. The zero-order valence-corrected chi connectivity index (χ0v) is 11.4. The Morgan fingerprint density at radius 3 is 2.74 bits per heavy atom. The molecule has 3 N–H and O–H groups in total. The maximum Gasteiger partial charge on any atom is 0.236 e. The van der Waals surface area contributed by atoms with Crippen molar-refractivity contribution >= 4 is 11.6 Å². The third-order valence-corrected chi connectivity index (χ3v) is 2.91. The van der Waals surface area contributed by atoms with Crippen molar-refractivity contribution in [2.24, 2.45) is 5.73 Å². The molecule has 0 spiro atoms. The molecule has 0 bridgehead atoms. The summed E-state index contributed by atoms with van der Waals surface area (Å²) in [5.41, 5.74) is 5.95. The van der Waals surface area contributed by atoms with Crippen molar-refractivity contribution in [3.8, 4) is 0 Å². The van der Waals surface area contributed by atoms with Crippen molar-refractivity contribution < 1.29 is 14.3 Å². The van der Waals surface area contributed by atoms with E-state index in [0.29, 0.717) is 12.1 Å². The van der Waals surface area contributed by atoms with Gasteiger partial charge in [-0.3, -0.25) is 4.79 Å². The van der Waals surface area contributed by atoms with Crippen molar-refractivity contribution in [1.82, 2.24) is 0 Å².